The van der Waals surface area contributed by atoms with Crippen molar-refractivity contribution in [2.24, 2.45) is 0 Å². The predicted octanol–water partition coefficient (Wildman–Crippen LogP) is 4.46. The lowest BCUT2D eigenvalue weighted by Crippen LogP contribution is -2.06. The van der Waals surface area contributed by atoms with Crippen LogP contribution in [0, 0.1) is 20.8 Å². The first-order valence-electron chi connectivity index (χ1n) is 9.08. The Morgan fingerprint density at radius 1 is 0.929 bits per heavy atom. The van der Waals surface area contributed by atoms with Gasteiger partial charge in [-0.2, -0.15) is 0 Å². The molecular weight excluding hydrogens is 370 g/mol. The number of benzene rings is 2. The van der Waals surface area contributed by atoms with Gasteiger partial charge in [0.1, 0.15) is 5.82 Å². The fraction of sp³-hybridized carbons (Fsp3) is 0.238. The minimum Gasteiger partial charge on any atom is -0.425 e. The third-order valence-corrected chi connectivity index (χ3v) is 5.30. The van der Waals surface area contributed by atoms with Gasteiger partial charge in [-0.3, -0.25) is 4.57 Å². The summed E-state index contributed by atoms with van der Waals surface area (Å²) >= 11 is 1.55. The molecule has 2 aromatic heterocycles. The van der Waals surface area contributed by atoms with Crippen LogP contribution in [-0.2, 0) is 12.2 Å². The van der Waals surface area contributed by atoms with Crippen LogP contribution < -0.4 is 0 Å². The van der Waals surface area contributed by atoms with Crippen molar-refractivity contribution in [3.05, 3.63) is 82.8 Å². The number of nitrogens with zero attached hydrogens (tertiary/aromatic N) is 5. The van der Waals surface area contributed by atoms with E-state index in [-0.39, 0.29) is 0 Å². The molecule has 0 fully saturated rings. The van der Waals surface area contributed by atoms with E-state index < -0.39 is 0 Å². The van der Waals surface area contributed by atoms with Crippen LogP contribution in [0.3, 0.4) is 0 Å². The Bertz CT molecular complexity index is 1090. The average Bonchev–Trinajstić information content (AvgIpc) is 3.27. The van der Waals surface area contributed by atoms with E-state index in [9.17, 15) is 0 Å². The maximum absolute atomic E-state index is 5.49. The minimum atomic E-state index is 0.551. The van der Waals surface area contributed by atoms with Crippen molar-refractivity contribution in [3.8, 4) is 5.69 Å². The summed E-state index contributed by atoms with van der Waals surface area (Å²) in [6, 6.07) is 16.7. The smallest absolute Gasteiger partial charge is 0.226 e. The first kappa shape index (κ1) is 18.4. The molecule has 2 aromatic carbocycles. The summed E-state index contributed by atoms with van der Waals surface area (Å²) in [5.74, 6) is 2.61. The zero-order valence-corrected chi connectivity index (χ0v) is 16.9. The van der Waals surface area contributed by atoms with Gasteiger partial charge in [-0.05, 0) is 31.0 Å². The van der Waals surface area contributed by atoms with Gasteiger partial charge in [-0.1, -0.05) is 59.8 Å². The third-order valence-electron chi connectivity index (χ3n) is 4.39. The second-order valence-electron chi connectivity index (χ2n) is 6.69. The Morgan fingerprint density at radius 3 is 2.46 bits per heavy atom. The first-order chi connectivity index (χ1) is 13.6. The minimum absolute atomic E-state index is 0.551. The predicted molar refractivity (Wildman–Crippen MR) is 109 cm³/mol. The molecule has 2 heterocycles. The summed E-state index contributed by atoms with van der Waals surface area (Å²) in [4.78, 5) is 0. The number of thioether (sulfide) groups is 1. The van der Waals surface area contributed by atoms with Crippen LogP contribution in [0.25, 0.3) is 5.69 Å². The molecule has 0 N–H and O–H groups in total. The van der Waals surface area contributed by atoms with Crippen molar-refractivity contribution in [1.82, 2.24) is 25.0 Å². The van der Waals surface area contributed by atoms with E-state index in [1.807, 2.05) is 18.2 Å². The average molecular weight is 392 g/mol. The number of hydrogen-bond acceptors (Lipinski definition) is 6. The van der Waals surface area contributed by atoms with Crippen molar-refractivity contribution in [2.45, 2.75) is 38.1 Å². The molecule has 0 spiro atoms. The third kappa shape index (κ3) is 3.99. The van der Waals surface area contributed by atoms with Crippen LogP contribution in [0.5, 0.6) is 0 Å². The Morgan fingerprint density at radius 2 is 1.75 bits per heavy atom. The monoisotopic (exact) mass is 391 g/mol. The fourth-order valence-corrected chi connectivity index (χ4v) is 3.91. The lowest BCUT2D eigenvalue weighted by Gasteiger charge is -2.13. The van der Waals surface area contributed by atoms with Crippen LogP contribution in [0.1, 0.15) is 34.3 Å². The molecule has 142 valence electrons. The second kappa shape index (κ2) is 7.98. The van der Waals surface area contributed by atoms with Crippen molar-refractivity contribution in [2.75, 3.05) is 0 Å². The number of aryl methyl sites for hydroxylation is 3. The topological polar surface area (TPSA) is 69.6 Å². The number of hydrogen-bond donors (Lipinski definition) is 0. The molecule has 28 heavy (non-hydrogen) atoms. The van der Waals surface area contributed by atoms with Crippen LogP contribution >= 0.6 is 11.8 Å². The van der Waals surface area contributed by atoms with E-state index in [4.69, 9.17) is 4.42 Å². The molecule has 0 unspecified atom stereocenters. The largest absolute Gasteiger partial charge is 0.425 e. The van der Waals surface area contributed by atoms with E-state index in [0.29, 0.717) is 24.0 Å². The van der Waals surface area contributed by atoms with E-state index in [1.54, 1.807) is 18.7 Å². The normalized spacial score (nSPS) is 11.1. The van der Waals surface area contributed by atoms with Crippen LogP contribution in [-0.4, -0.2) is 25.0 Å². The Balaban J connectivity index is 1.71. The van der Waals surface area contributed by atoms with Gasteiger partial charge < -0.3 is 4.42 Å². The maximum Gasteiger partial charge on any atom is 0.226 e. The molecule has 0 atom stereocenters. The molecule has 0 aliphatic carbocycles. The molecule has 4 aromatic rings. The van der Waals surface area contributed by atoms with Crippen molar-refractivity contribution in [3.63, 3.8) is 0 Å². The van der Waals surface area contributed by atoms with Gasteiger partial charge in [-0.25, -0.2) is 0 Å². The molecule has 0 bridgehead atoms. The van der Waals surface area contributed by atoms with Crippen molar-refractivity contribution < 1.29 is 4.42 Å². The second-order valence-corrected chi connectivity index (χ2v) is 7.63. The SMILES string of the molecule is Cc1ccc(-n2c(Cc3ccccc3)nnc2SCc2nnc(C)o2)c(C)c1. The van der Waals surface area contributed by atoms with E-state index in [2.05, 4.69) is 69.1 Å². The van der Waals surface area contributed by atoms with Gasteiger partial charge in [0, 0.05) is 13.3 Å². The highest BCUT2D eigenvalue weighted by Crippen LogP contribution is 2.28. The molecular formula is C21H21N5OS. The Labute approximate surface area is 168 Å². The fourth-order valence-electron chi connectivity index (χ4n) is 3.11. The molecule has 0 aliphatic rings. The van der Waals surface area contributed by atoms with Gasteiger partial charge in [0.2, 0.25) is 11.8 Å². The molecule has 6 nitrogen and oxygen atoms in total. The summed E-state index contributed by atoms with van der Waals surface area (Å²) in [6.07, 6.45) is 0.710. The standard InChI is InChI=1S/C21H21N5OS/c1-14-9-10-18(15(2)11-14)26-19(12-17-7-5-4-6-8-17)23-25-21(26)28-13-20-24-22-16(3)27-20/h4-11H,12-13H2,1-3H3. The molecule has 0 saturated carbocycles. The number of aromatic nitrogens is 5. The van der Waals surface area contributed by atoms with Crippen molar-refractivity contribution >= 4 is 11.8 Å². The summed E-state index contributed by atoms with van der Waals surface area (Å²) in [5.41, 5.74) is 4.70. The molecule has 0 amide bonds. The van der Waals surface area contributed by atoms with Crippen LogP contribution in [0.15, 0.2) is 58.1 Å². The molecule has 7 heteroatoms. The van der Waals surface area contributed by atoms with Crippen LogP contribution in [0.4, 0.5) is 0 Å². The summed E-state index contributed by atoms with van der Waals surface area (Å²) in [5, 5.41) is 17.7. The zero-order chi connectivity index (χ0) is 19.5. The summed E-state index contributed by atoms with van der Waals surface area (Å²) < 4.78 is 7.63. The van der Waals surface area contributed by atoms with Gasteiger partial charge >= 0.3 is 0 Å². The summed E-state index contributed by atoms with van der Waals surface area (Å²) in [6.45, 7) is 6.00. The first-order valence-corrected chi connectivity index (χ1v) is 10.1. The highest BCUT2D eigenvalue weighted by atomic mass is 32.2. The molecule has 4 rings (SSSR count). The van der Waals surface area contributed by atoms with Gasteiger partial charge in [0.15, 0.2) is 5.16 Å². The lowest BCUT2D eigenvalue weighted by molar-refractivity contribution is 0.485. The number of rotatable bonds is 6. The van der Waals surface area contributed by atoms with E-state index in [1.165, 1.54) is 16.7 Å². The summed E-state index contributed by atoms with van der Waals surface area (Å²) in [7, 11) is 0. The molecule has 0 aliphatic heterocycles. The Kier molecular flexibility index (Phi) is 5.25. The van der Waals surface area contributed by atoms with Crippen LogP contribution in [0.2, 0.25) is 0 Å². The van der Waals surface area contributed by atoms with Gasteiger partial charge in [0.25, 0.3) is 0 Å². The zero-order valence-electron chi connectivity index (χ0n) is 16.1. The Hall–Kier alpha value is -2.93. The van der Waals surface area contributed by atoms with E-state index in [0.717, 1.165) is 16.7 Å². The quantitative estimate of drug-likeness (QED) is 0.452. The lowest BCUT2D eigenvalue weighted by atomic mass is 10.1. The molecule has 0 saturated heterocycles. The van der Waals surface area contributed by atoms with Gasteiger partial charge in [0.05, 0.1) is 11.4 Å². The van der Waals surface area contributed by atoms with Crippen molar-refractivity contribution in [1.29, 1.82) is 0 Å². The van der Waals surface area contributed by atoms with E-state index >= 15 is 0 Å². The van der Waals surface area contributed by atoms with Gasteiger partial charge in [-0.15, -0.1) is 20.4 Å². The molecule has 0 radical (unpaired) electrons. The highest BCUT2D eigenvalue weighted by molar-refractivity contribution is 7.98. The maximum atomic E-state index is 5.49. The highest BCUT2D eigenvalue weighted by Gasteiger charge is 2.17.